The van der Waals surface area contributed by atoms with Crippen molar-refractivity contribution < 1.29 is 4.79 Å². The molecule has 108 valence electrons. The Bertz CT molecular complexity index is 480. The van der Waals surface area contributed by atoms with Crippen LogP contribution >= 0.6 is 15.9 Å². The molecule has 3 rings (SSSR count). The summed E-state index contributed by atoms with van der Waals surface area (Å²) in [4.78, 5) is 21.0. The van der Waals surface area contributed by atoms with Crippen molar-refractivity contribution in [3.8, 4) is 0 Å². The number of piperazine rings is 1. The summed E-state index contributed by atoms with van der Waals surface area (Å²) < 4.78 is 0.855. The standard InChI is InChI=1S/C15H20BrN3O/c16-13-9-12(10-17-11-13)15(20)19-7-5-18(6-8-19)14-3-1-2-4-14/h9-11,14H,1-8H2. The Kier molecular flexibility index (Phi) is 4.36. The SMILES string of the molecule is O=C(c1cncc(Br)c1)N1CCN(C2CCCC2)CC1. The second kappa shape index (κ2) is 6.22. The van der Waals surface area contributed by atoms with E-state index in [9.17, 15) is 4.79 Å². The summed E-state index contributed by atoms with van der Waals surface area (Å²) in [5, 5.41) is 0. The van der Waals surface area contributed by atoms with Crippen LogP contribution in [0, 0.1) is 0 Å². The molecule has 2 fully saturated rings. The number of hydrogen-bond acceptors (Lipinski definition) is 3. The number of rotatable bonds is 2. The molecular weight excluding hydrogens is 318 g/mol. The minimum absolute atomic E-state index is 0.102. The highest BCUT2D eigenvalue weighted by Crippen LogP contribution is 2.24. The van der Waals surface area contributed by atoms with Gasteiger partial charge in [-0.05, 0) is 34.8 Å². The van der Waals surface area contributed by atoms with Gasteiger partial charge in [-0.1, -0.05) is 12.8 Å². The van der Waals surface area contributed by atoms with Crippen LogP contribution in [-0.4, -0.2) is 52.9 Å². The highest BCUT2D eigenvalue weighted by molar-refractivity contribution is 9.10. The van der Waals surface area contributed by atoms with E-state index in [1.165, 1.54) is 25.7 Å². The quantitative estimate of drug-likeness (QED) is 0.832. The number of pyridine rings is 1. The zero-order chi connectivity index (χ0) is 13.9. The van der Waals surface area contributed by atoms with Gasteiger partial charge in [0, 0.05) is 49.1 Å². The molecule has 2 heterocycles. The van der Waals surface area contributed by atoms with Gasteiger partial charge in [0.15, 0.2) is 0 Å². The Balaban J connectivity index is 1.58. The van der Waals surface area contributed by atoms with E-state index in [1.54, 1.807) is 12.4 Å². The number of aromatic nitrogens is 1. The molecule has 0 radical (unpaired) electrons. The normalized spacial score (nSPS) is 21.4. The third kappa shape index (κ3) is 3.04. The molecule has 1 saturated heterocycles. The molecule has 0 unspecified atom stereocenters. The van der Waals surface area contributed by atoms with Crippen molar-refractivity contribution >= 4 is 21.8 Å². The van der Waals surface area contributed by atoms with E-state index in [-0.39, 0.29) is 5.91 Å². The molecule has 2 aliphatic rings. The second-order valence-electron chi connectivity index (χ2n) is 5.66. The van der Waals surface area contributed by atoms with Crippen molar-refractivity contribution in [1.29, 1.82) is 0 Å². The van der Waals surface area contributed by atoms with Crippen LogP contribution in [0.5, 0.6) is 0 Å². The smallest absolute Gasteiger partial charge is 0.255 e. The summed E-state index contributed by atoms with van der Waals surface area (Å²) >= 11 is 3.37. The summed E-state index contributed by atoms with van der Waals surface area (Å²) in [5.41, 5.74) is 0.675. The second-order valence-corrected chi connectivity index (χ2v) is 6.57. The summed E-state index contributed by atoms with van der Waals surface area (Å²) in [6.45, 7) is 3.69. The molecule has 4 nitrogen and oxygen atoms in total. The largest absolute Gasteiger partial charge is 0.336 e. The lowest BCUT2D eigenvalue weighted by atomic mass is 10.1. The zero-order valence-electron chi connectivity index (χ0n) is 11.6. The fourth-order valence-corrected chi connectivity index (χ4v) is 3.64. The Hall–Kier alpha value is -0.940. The molecule has 1 aliphatic heterocycles. The highest BCUT2D eigenvalue weighted by Gasteiger charge is 2.28. The van der Waals surface area contributed by atoms with E-state index in [2.05, 4.69) is 25.8 Å². The first kappa shape index (κ1) is 14.0. The summed E-state index contributed by atoms with van der Waals surface area (Å²) in [6.07, 6.45) is 8.76. The van der Waals surface area contributed by atoms with Crippen LogP contribution in [0.4, 0.5) is 0 Å². The maximum atomic E-state index is 12.4. The van der Waals surface area contributed by atoms with Gasteiger partial charge in [0.2, 0.25) is 0 Å². The molecule has 1 amide bonds. The average molecular weight is 338 g/mol. The van der Waals surface area contributed by atoms with Crippen LogP contribution in [0.25, 0.3) is 0 Å². The highest BCUT2D eigenvalue weighted by atomic mass is 79.9. The first-order valence-electron chi connectivity index (χ1n) is 7.38. The minimum atomic E-state index is 0.102. The van der Waals surface area contributed by atoms with Crippen molar-refractivity contribution in [1.82, 2.24) is 14.8 Å². The molecule has 0 spiro atoms. The number of amides is 1. The van der Waals surface area contributed by atoms with Crippen LogP contribution in [-0.2, 0) is 0 Å². The zero-order valence-corrected chi connectivity index (χ0v) is 13.2. The van der Waals surface area contributed by atoms with Gasteiger partial charge in [-0.15, -0.1) is 0 Å². The molecule has 0 atom stereocenters. The van der Waals surface area contributed by atoms with E-state index in [1.807, 2.05) is 11.0 Å². The van der Waals surface area contributed by atoms with E-state index >= 15 is 0 Å². The van der Waals surface area contributed by atoms with Gasteiger partial charge in [-0.3, -0.25) is 14.7 Å². The summed E-state index contributed by atoms with van der Waals surface area (Å²) in [6, 6.07) is 2.61. The Morgan fingerprint density at radius 2 is 1.85 bits per heavy atom. The van der Waals surface area contributed by atoms with Crippen molar-refractivity contribution in [2.24, 2.45) is 0 Å². The van der Waals surface area contributed by atoms with Crippen LogP contribution in [0.2, 0.25) is 0 Å². The number of hydrogen-bond donors (Lipinski definition) is 0. The molecular formula is C15H20BrN3O. The fraction of sp³-hybridized carbons (Fsp3) is 0.600. The Morgan fingerprint density at radius 1 is 1.15 bits per heavy atom. The molecule has 0 aromatic carbocycles. The lowest BCUT2D eigenvalue weighted by molar-refractivity contribution is 0.0573. The topological polar surface area (TPSA) is 36.4 Å². The number of carbonyl (C=O) groups is 1. The van der Waals surface area contributed by atoms with Gasteiger partial charge >= 0.3 is 0 Å². The van der Waals surface area contributed by atoms with E-state index < -0.39 is 0 Å². The number of carbonyl (C=O) groups excluding carboxylic acids is 1. The predicted octanol–water partition coefficient (Wildman–Crippen LogP) is 2.54. The monoisotopic (exact) mass is 337 g/mol. The lowest BCUT2D eigenvalue weighted by Gasteiger charge is -2.38. The van der Waals surface area contributed by atoms with Gasteiger partial charge in [0.05, 0.1) is 5.56 Å². The van der Waals surface area contributed by atoms with Gasteiger partial charge in [0.25, 0.3) is 5.91 Å². The minimum Gasteiger partial charge on any atom is -0.336 e. The predicted molar refractivity (Wildman–Crippen MR) is 81.7 cm³/mol. The maximum Gasteiger partial charge on any atom is 0.255 e. The molecule has 1 aromatic rings. The van der Waals surface area contributed by atoms with Crippen molar-refractivity contribution in [2.45, 2.75) is 31.7 Å². The molecule has 0 N–H and O–H groups in total. The van der Waals surface area contributed by atoms with Gasteiger partial charge < -0.3 is 4.90 Å². The molecule has 1 saturated carbocycles. The van der Waals surface area contributed by atoms with Crippen molar-refractivity contribution in [3.63, 3.8) is 0 Å². The lowest BCUT2D eigenvalue weighted by Crippen LogP contribution is -2.51. The molecule has 1 aliphatic carbocycles. The summed E-state index contributed by atoms with van der Waals surface area (Å²) in [7, 11) is 0. The van der Waals surface area contributed by atoms with Crippen LogP contribution < -0.4 is 0 Å². The van der Waals surface area contributed by atoms with Crippen LogP contribution in [0.3, 0.4) is 0 Å². The van der Waals surface area contributed by atoms with Crippen LogP contribution in [0.15, 0.2) is 22.9 Å². The fourth-order valence-electron chi connectivity index (χ4n) is 3.27. The van der Waals surface area contributed by atoms with Gasteiger partial charge in [-0.2, -0.15) is 0 Å². The Morgan fingerprint density at radius 3 is 2.50 bits per heavy atom. The van der Waals surface area contributed by atoms with Gasteiger partial charge in [0.1, 0.15) is 0 Å². The number of nitrogens with zero attached hydrogens (tertiary/aromatic N) is 3. The third-order valence-corrected chi connectivity index (χ3v) is 4.83. The third-order valence-electron chi connectivity index (χ3n) is 4.39. The summed E-state index contributed by atoms with van der Waals surface area (Å²) in [5.74, 6) is 0.102. The van der Waals surface area contributed by atoms with Crippen molar-refractivity contribution in [3.05, 3.63) is 28.5 Å². The average Bonchev–Trinajstić information content (AvgIpc) is 3.01. The van der Waals surface area contributed by atoms with E-state index in [4.69, 9.17) is 0 Å². The maximum absolute atomic E-state index is 12.4. The van der Waals surface area contributed by atoms with Crippen LogP contribution in [0.1, 0.15) is 36.0 Å². The molecule has 0 bridgehead atoms. The first-order chi connectivity index (χ1) is 9.74. The molecule has 5 heteroatoms. The Labute approximate surface area is 128 Å². The molecule has 1 aromatic heterocycles. The molecule has 20 heavy (non-hydrogen) atoms. The van der Waals surface area contributed by atoms with Gasteiger partial charge in [-0.25, -0.2) is 0 Å². The first-order valence-corrected chi connectivity index (χ1v) is 8.17. The van der Waals surface area contributed by atoms with E-state index in [0.717, 1.165) is 36.7 Å². The van der Waals surface area contributed by atoms with E-state index in [0.29, 0.717) is 5.56 Å². The van der Waals surface area contributed by atoms with Crippen molar-refractivity contribution in [2.75, 3.05) is 26.2 Å². The number of halogens is 1.